The molecule has 4 aromatic rings. The van der Waals surface area contributed by atoms with Gasteiger partial charge in [-0.3, -0.25) is 0 Å². The summed E-state index contributed by atoms with van der Waals surface area (Å²) in [5, 5.41) is 34.7. The lowest BCUT2D eigenvalue weighted by Crippen LogP contribution is -2.51. The molecule has 0 saturated carbocycles. The first kappa shape index (κ1) is 24.4. The van der Waals surface area contributed by atoms with Gasteiger partial charge in [-0.1, -0.05) is 24.3 Å². The number of nitrogens with two attached hydrogens (primary N) is 1. The fourth-order valence-corrected chi connectivity index (χ4v) is 3.54. The number of benzene rings is 2. The summed E-state index contributed by atoms with van der Waals surface area (Å²) in [5.41, 5.74) is 2.80. The normalized spacial score (nSPS) is 14.2. The van der Waals surface area contributed by atoms with Gasteiger partial charge in [-0.2, -0.15) is 4.98 Å². The van der Waals surface area contributed by atoms with Crippen molar-refractivity contribution in [1.29, 1.82) is 0 Å². The number of ether oxygens (including phenoxy) is 1. The van der Waals surface area contributed by atoms with Gasteiger partial charge >= 0.3 is 5.97 Å². The lowest BCUT2D eigenvalue weighted by molar-refractivity contribution is -0.336. The second-order valence-corrected chi connectivity index (χ2v) is 8.11. The predicted octanol–water partition coefficient (Wildman–Crippen LogP) is 3.21. The Morgan fingerprint density at radius 2 is 1.71 bits per heavy atom. The molecule has 2 aromatic carbocycles. The number of pyridine rings is 1. The van der Waals surface area contributed by atoms with Crippen molar-refractivity contribution >= 4 is 11.6 Å². The van der Waals surface area contributed by atoms with Crippen LogP contribution in [-0.4, -0.2) is 41.8 Å². The minimum Gasteiger partial charge on any atom is -0.436 e. The Hall–Kier alpha value is -3.74. The number of alkyl halides is 2. The molecule has 2 aromatic heterocycles. The van der Waals surface area contributed by atoms with Crippen molar-refractivity contribution < 1.29 is 37.6 Å². The van der Waals surface area contributed by atoms with Gasteiger partial charge in [-0.05, 0) is 48.4 Å². The third-order valence-corrected chi connectivity index (χ3v) is 5.47. The summed E-state index contributed by atoms with van der Waals surface area (Å²) >= 11 is 0. The Kier molecular flexibility index (Phi) is 5.91. The van der Waals surface area contributed by atoms with Crippen LogP contribution in [0.15, 0.2) is 60.8 Å². The number of rotatable bonds is 7. The van der Waals surface area contributed by atoms with E-state index in [0.29, 0.717) is 11.2 Å². The number of hydrogen-bond donors (Lipinski definition) is 4. The maximum atomic E-state index is 15.2. The smallest absolute Gasteiger partial charge is 0.328 e. The number of aromatic nitrogens is 3. The zero-order valence-corrected chi connectivity index (χ0v) is 18.2. The van der Waals surface area contributed by atoms with Gasteiger partial charge in [0.05, 0.1) is 0 Å². The van der Waals surface area contributed by atoms with Crippen molar-refractivity contribution in [3.63, 3.8) is 0 Å². The number of fused-ring (bicyclic) bond motifs is 1. The average Bonchev–Trinajstić information content (AvgIpc) is 3.13. The Morgan fingerprint density at radius 1 is 1.03 bits per heavy atom. The first-order chi connectivity index (χ1) is 16.3. The van der Waals surface area contributed by atoms with E-state index in [1.165, 1.54) is 35.0 Å². The summed E-state index contributed by atoms with van der Waals surface area (Å²) in [6, 6.07) is 10.3. The Morgan fingerprint density at radius 3 is 2.40 bits per heavy atom. The van der Waals surface area contributed by atoms with E-state index in [-0.39, 0.29) is 17.1 Å². The molecule has 0 aliphatic rings. The lowest BCUT2D eigenvalue weighted by atomic mass is 9.87. The van der Waals surface area contributed by atoms with E-state index in [4.69, 9.17) is 10.5 Å². The lowest BCUT2D eigenvalue weighted by Gasteiger charge is -2.36. The largest absolute Gasteiger partial charge is 0.436 e. The molecule has 0 radical (unpaired) electrons. The SMILES string of the molecule is CC(O)(c1ccc(F)cc1)C(F)(F)CC(O)(O)Oc1cccc(-c2ccn3nc(N)nc3c2)c1F. The van der Waals surface area contributed by atoms with Crippen LogP contribution in [0.5, 0.6) is 5.75 Å². The number of nitrogens with zero attached hydrogens (tertiary/aromatic N) is 3. The van der Waals surface area contributed by atoms with Crippen LogP contribution >= 0.6 is 0 Å². The molecule has 8 nitrogen and oxygen atoms in total. The highest BCUT2D eigenvalue weighted by Crippen LogP contribution is 2.43. The quantitative estimate of drug-likeness (QED) is 0.231. The zero-order chi connectivity index (χ0) is 25.6. The van der Waals surface area contributed by atoms with Gasteiger partial charge in [0, 0.05) is 11.8 Å². The molecule has 0 fully saturated rings. The van der Waals surface area contributed by atoms with Crippen LogP contribution in [0.1, 0.15) is 18.9 Å². The molecule has 12 heteroatoms. The number of halogens is 4. The van der Waals surface area contributed by atoms with E-state index in [1.54, 1.807) is 0 Å². The minimum absolute atomic E-state index is 0.00231. The summed E-state index contributed by atoms with van der Waals surface area (Å²) in [4.78, 5) is 3.97. The molecule has 5 N–H and O–H groups in total. The summed E-state index contributed by atoms with van der Waals surface area (Å²) in [7, 11) is 0. The number of aliphatic hydroxyl groups is 3. The van der Waals surface area contributed by atoms with Crippen molar-refractivity contribution in [3.05, 3.63) is 78.0 Å². The van der Waals surface area contributed by atoms with Crippen molar-refractivity contribution in [1.82, 2.24) is 14.6 Å². The molecule has 0 aliphatic heterocycles. The van der Waals surface area contributed by atoms with Crippen LogP contribution in [0.25, 0.3) is 16.8 Å². The Balaban J connectivity index is 1.59. The molecule has 0 saturated heterocycles. The molecule has 35 heavy (non-hydrogen) atoms. The van der Waals surface area contributed by atoms with Crippen LogP contribution in [0.4, 0.5) is 23.5 Å². The molecule has 0 amide bonds. The van der Waals surface area contributed by atoms with Crippen molar-refractivity contribution in [2.24, 2.45) is 0 Å². The van der Waals surface area contributed by atoms with Gasteiger partial charge in [0.2, 0.25) is 5.95 Å². The summed E-state index contributed by atoms with van der Waals surface area (Å²) < 4.78 is 64.3. The van der Waals surface area contributed by atoms with Crippen molar-refractivity contribution in [3.8, 4) is 16.9 Å². The number of hydrogen-bond acceptors (Lipinski definition) is 7. The summed E-state index contributed by atoms with van der Waals surface area (Å²) in [6.45, 7) is 0.727. The summed E-state index contributed by atoms with van der Waals surface area (Å²) in [5.74, 6) is -10.3. The highest BCUT2D eigenvalue weighted by molar-refractivity contribution is 5.69. The second kappa shape index (κ2) is 8.48. The maximum absolute atomic E-state index is 15.2. The molecule has 1 unspecified atom stereocenters. The van der Waals surface area contributed by atoms with Crippen molar-refractivity contribution in [2.75, 3.05) is 5.73 Å². The number of anilines is 1. The average molecular weight is 492 g/mol. The van der Waals surface area contributed by atoms with Crippen LogP contribution < -0.4 is 10.5 Å². The van der Waals surface area contributed by atoms with Crippen LogP contribution in [0.3, 0.4) is 0 Å². The third kappa shape index (κ3) is 4.76. The van der Waals surface area contributed by atoms with Gasteiger partial charge in [0.1, 0.15) is 12.2 Å². The van der Waals surface area contributed by atoms with Gasteiger partial charge < -0.3 is 25.8 Å². The van der Waals surface area contributed by atoms with E-state index in [2.05, 4.69) is 10.1 Å². The molecular formula is C23H20F4N4O4. The molecule has 2 heterocycles. The minimum atomic E-state index is -4.19. The van der Waals surface area contributed by atoms with Gasteiger partial charge in [-0.15, -0.1) is 5.10 Å². The maximum Gasteiger partial charge on any atom is 0.328 e. The molecule has 0 aliphatic carbocycles. The van der Waals surface area contributed by atoms with E-state index in [9.17, 15) is 28.5 Å². The van der Waals surface area contributed by atoms with E-state index >= 15 is 4.39 Å². The third-order valence-electron chi connectivity index (χ3n) is 5.47. The Labute approximate surface area is 195 Å². The molecular weight excluding hydrogens is 472 g/mol. The van der Waals surface area contributed by atoms with Crippen LogP contribution in [-0.2, 0) is 5.60 Å². The first-order valence-electron chi connectivity index (χ1n) is 10.2. The highest BCUT2D eigenvalue weighted by atomic mass is 19.3. The van der Waals surface area contributed by atoms with Gasteiger partial charge in [0.25, 0.3) is 5.92 Å². The zero-order valence-electron chi connectivity index (χ0n) is 18.2. The fourth-order valence-electron chi connectivity index (χ4n) is 3.54. The molecule has 0 bridgehead atoms. The molecule has 0 spiro atoms. The topological polar surface area (TPSA) is 126 Å². The van der Waals surface area contributed by atoms with E-state index in [0.717, 1.165) is 37.3 Å². The molecule has 184 valence electrons. The Bertz CT molecular complexity index is 1370. The predicted molar refractivity (Wildman–Crippen MR) is 116 cm³/mol. The standard InChI is InChI=1S/C23H20F4N4O4/c1-21(32,14-5-7-15(24)8-6-14)22(26,27)12-23(33,34)35-17-4-2-3-16(19(17)25)13-9-10-31-18(11-13)29-20(28)30-31/h2-11,32-34H,12H2,1H3,(H2,28,30). The second-order valence-electron chi connectivity index (χ2n) is 8.11. The first-order valence-corrected chi connectivity index (χ1v) is 10.2. The monoisotopic (exact) mass is 492 g/mol. The fraction of sp³-hybridized carbons (Fsp3) is 0.217. The molecule has 1 atom stereocenters. The van der Waals surface area contributed by atoms with E-state index < -0.39 is 41.3 Å². The van der Waals surface area contributed by atoms with E-state index in [1.807, 2.05) is 0 Å². The highest BCUT2D eigenvalue weighted by Gasteiger charge is 2.55. The summed E-state index contributed by atoms with van der Waals surface area (Å²) in [6.07, 6.45) is -0.361. The van der Waals surface area contributed by atoms with Crippen LogP contribution in [0.2, 0.25) is 0 Å². The number of nitrogen functional groups attached to an aromatic ring is 1. The van der Waals surface area contributed by atoms with Gasteiger partial charge in [-0.25, -0.2) is 22.1 Å². The molecule has 4 rings (SSSR count). The van der Waals surface area contributed by atoms with Crippen LogP contribution in [0, 0.1) is 11.6 Å². The van der Waals surface area contributed by atoms with Gasteiger partial charge in [0.15, 0.2) is 22.8 Å². The van der Waals surface area contributed by atoms with Crippen molar-refractivity contribution in [2.45, 2.75) is 30.8 Å².